The summed E-state index contributed by atoms with van der Waals surface area (Å²) in [6.07, 6.45) is 3.01. The summed E-state index contributed by atoms with van der Waals surface area (Å²) in [6, 6.07) is -0.664. The Bertz CT molecular complexity index is 392. The minimum atomic E-state index is -0.664. The highest BCUT2D eigenvalue weighted by molar-refractivity contribution is 6.01. The summed E-state index contributed by atoms with van der Waals surface area (Å²) in [7, 11) is 0. The molecule has 0 radical (unpaired) electrons. The van der Waals surface area contributed by atoms with Crippen molar-refractivity contribution < 1.29 is 19.2 Å². The van der Waals surface area contributed by atoms with Crippen LogP contribution >= 0.6 is 0 Å². The molecule has 1 aliphatic heterocycles. The number of carbonyl (C=O) groups is 4. The molecule has 1 heterocycles. The average Bonchev–Trinajstić information content (AvgIpc) is 2.69. The van der Waals surface area contributed by atoms with E-state index in [9.17, 15) is 19.2 Å². The van der Waals surface area contributed by atoms with Crippen molar-refractivity contribution in [3.8, 4) is 0 Å². The molecular formula is C13H21N3O4. The van der Waals surface area contributed by atoms with Crippen molar-refractivity contribution in [3.05, 3.63) is 0 Å². The lowest BCUT2D eigenvalue weighted by Crippen LogP contribution is -2.42. The standard InChI is InChI=1S/C13H21N3O4/c1-9(13(14)20)15-10(17)5-3-2-4-8-16-11(18)6-7-12(16)19/h9H,2-8H2,1H3,(H2,14,20)(H,15,17)/t9-/m1/s1. The van der Waals surface area contributed by atoms with Gasteiger partial charge in [0.05, 0.1) is 0 Å². The summed E-state index contributed by atoms with van der Waals surface area (Å²) in [5.74, 6) is -1.000. The molecule has 1 aliphatic rings. The predicted octanol–water partition coefficient (Wildman–Crippen LogP) is -0.314. The first-order valence-corrected chi connectivity index (χ1v) is 6.83. The van der Waals surface area contributed by atoms with Gasteiger partial charge in [0, 0.05) is 25.8 Å². The number of hydrogen-bond donors (Lipinski definition) is 2. The van der Waals surface area contributed by atoms with Crippen molar-refractivity contribution in [2.24, 2.45) is 5.73 Å². The van der Waals surface area contributed by atoms with Gasteiger partial charge in [0.1, 0.15) is 6.04 Å². The molecular weight excluding hydrogens is 262 g/mol. The number of nitrogens with one attached hydrogen (secondary N) is 1. The van der Waals surface area contributed by atoms with Crippen LogP contribution in [0.3, 0.4) is 0 Å². The van der Waals surface area contributed by atoms with Crippen LogP contribution in [0.25, 0.3) is 0 Å². The van der Waals surface area contributed by atoms with Gasteiger partial charge in [-0.25, -0.2) is 0 Å². The monoisotopic (exact) mass is 283 g/mol. The molecule has 7 nitrogen and oxygen atoms in total. The van der Waals surface area contributed by atoms with Crippen molar-refractivity contribution in [1.82, 2.24) is 10.2 Å². The zero-order chi connectivity index (χ0) is 15.1. The molecule has 1 rings (SSSR count). The summed E-state index contributed by atoms with van der Waals surface area (Å²) >= 11 is 0. The van der Waals surface area contributed by atoms with E-state index in [2.05, 4.69) is 5.32 Å². The Kier molecular flexibility index (Phi) is 6.14. The van der Waals surface area contributed by atoms with Gasteiger partial charge < -0.3 is 11.1 Å². The minimum Gasteiger partial charge on any atom is -0.368 e. The summed E-state index contributed by atoms with van der Waals surface area (Å²) in [4.78, 5) is 46.2. The topological polar surface area (TPSA) is 110 Å². The molecule has 0 spiro atoms. The number of nitrogens with two attached hydrogens (primary N) is 1. The molecule has 0 saturated carbocycles. The largest absolute Gasteiger partial charge is 0.368 e. The van der Waals surface area contributed by atoms with E-state index in [1.807, 2.05) is 0 Å². The minimum absolute atomic E-state index is 0.108. The molecule has 0 aliphatic carbocycles. The number of hydrogen-bond acceptors (Lipinski definition) is 4. The maximum Gasteiger partial charge on any atom is 0.239 e. The van der Waals surface area contributed by atoms with Gasteiger partial charge in [-0.2, -0.15) is 0 Å². The van der Waals surface area contributed by atoms with E-state index in [0.717, 1.165) is 6.42 Å². The second kappa shape index (κ2) is 7.62. The van der Waals surface area contributed by atoms with Crippen molar-refractivity contribution in [2.45, 2.75) is 51.5 Å². The molecule has 4 amide bonds. The maximum atomic E-state index is 11.4. The van der Waals surface area contributed by atoms with E-state index < -0.39 is 11.9 Å². The molecule has 0 aromatic heterocycles. The first kappa shape index (κ1) is 16.1. The smallest absolute Gasteiger partial charge is 0.239 e. The van der Waals surface area contributed by atoms with E-state index in [1.165, 1.54) is 11.8 Å². The van der Waals surface area contributed by atoms with Gasteiger partial charge in [-0.05, 0) is 19.8 Å². The zero-order valence-electron chi connectivity index (χ0n) is 11.7. The third-order valence-electron chi connectivity index (χ3n) is 3.24. The fourth-order valence-electron chi connectivity index (χ4n) is 1.99. The van der Waals surface area contributed by atoms with E-state index in [4.69, 9.17) is 5.73 Å². The number of likely N-dealkylation sites (tertiary alicyclic amines) is 1. The summed E-state index contributed by atoms with van der Waals surface area (Å²) < 4.78 is 0. The highest BCUT2D eigenvalue weighted by atomic mass is 16.2. The van der Waals surface area contributed by atoms with E-state index in [0.29, 0.717) is 38.6 Å². The Balaban J connectivity index is 2.10. The third kappa shape index (κ3) is 4.99. The molecule has 1 atom stereocenters. The number of carbonyl (C=O) groups excluding carboxylic acids is 4. The van der Waals surface area contributed by atoms with Crippen LogP contribution in [0.2, 0.25) is 0 Å². The predicted molar refractivity (Wildman–Crippen MR) is 71.2 cm³/mol. The molecule has 0 unspecified atom stereocenters. The van der Waals surface area contributed by atoms with Gasteiger partial charge in [0.15, 0.2) is 0 Å². The lowest BCUT2D eigenvalue weighted by Gasteiger charge is -2.13. The van der Waals surface area contributed by atoms with Crippen molar-refractivity contribution >= 4 is 23.6 Å². The Hall–Kier alpha value is -1.92. The van der Waals surface area contributed by atoms with Crippen molar-refractivity contribution in [2.75, 3.05) is 6.54 Å². The third-order valence-corrected chi connectivity index (χ3v) is 3.24. The molecule has 0 aromatic rings. The van der Waals surface area contributed by atoms with Crippen LogP contribution in [-0.2, 0) is 19.2 Å². The number of nitrogens with zero attached hydrogens (tertiary/aromatic N) is 1. The van der Waals surface area contributed by atoms with Crippen LogP contribution < -0.4 is 11.1 Å². The van der Waals surface area contributed by atoms with Crippen molar-refractivity contribution in [1.29, 1.82) is 0 Å². The first-order chi connectivity index (χ1) is 9.41. The Morgan fingerprint density at radius 1 is 1.20 bits per heavy atom. The van der Waals surface area contributed by atoms with E-state index in [1.54, 1.807) is 0 Å². The molecule has 0 bridgehead atoms. The molecule has 112 valence electrons. The van der Waals surface area contributed by atoms with Crippen LogP contribution in [0.5, 0.6) is 0 Å². The lowest BCUT2D eigenvalue weighted by atomic mass is 10.1. The van der Waals surface area contributed by atoms with Gasteiger partial charge in [-0.1, -0.05) is 6.42 Å². The molecule has 1 saturated heterocycles. The van der Waals surface area contributed by atoms with Gasteiger partial charge in [0.25, 0.3) is 0 Å². The Morgan fingerprint density at radius 3 is 2.35 bits per heavy atom. The highest BCUT2D eigenvalue weighted by Crippen LogP contribution is 2.13. The van der Waals surface area contributed by atoms with Crippen LogP contribution in [0.15, 0.2) is 0 Å². The van der Waals surface area contributed by atoms with Gasteiger partial charge in [-0.3, -0.25) is 24.1 Å². The molecule has 1 fully saturated rings. The quantitative estimate of drug-likeness (QED) is 0.470. The van der Waals surface area contributed by atoms with Gasteiger partial charge in [-0.15, -0.1) is 0 Å². The summed E-state index contributed by atoms with van der Waals surface area (Å²) in [5, 5.41) is 2.49. The summed E-state index contributed by atoms with van der Waals surface area (Å²) in [5.41, 5.74) is 5.03. The second-order valence-electron chi connectivity index (χ2n) is 4.94. The zero-order valence-corrected chi connectivity index (χ0v) is 11.7. The normalized spacial score (nSPS) is 16.4. The number of unbranched alkanes of at least 4 members (excludes halogenated alkanes) is 2. The van der Waals surface area contributed by atoms with Crippen molar-refractivity contribution in [3.63, 3.8) is 0 Å². The average molecular weight is 283 g/mol. The van der Waals surface area contributed by atoms with E-state index >= 15 is 0 Å². The maximum absolute atomic E-state index is 11.4. The Labute approximate surface area is 117 Å². The molecule has 0 aromatic carbocycles. The molecule has 20 heavy (non-hydrogen) atoms. The van der Waals surface area contributed by atoms with Crippen LogP contribution in [-0.4, -0.2) is 41.1 Å². The number of primary amides is 1. The van der Waals surface area contributed by atoms with E-state index in [-0.39, 0.29) is 17.7 Å². The van der Waals surface area contributed by atoms with Crippen LogP contribution in [0, 0.1) is 0 Å². The highest BCUT2D eigenvalue weighted by Gasteiger charge is 2.27. The first-order valence-electron chi connectivity index (χ1n) is 6.83. The lowest BCUT2D eigenvalue weighted by molar-refractivity contribution is -0.138. The van der Waals surface area contributed by atoms with Crippen LogP contribution in [0.4, 0.5) is 0 Å². The Morgan fingerprint density at radius 2 is 1.80 bits per heavy atom. The number of rotatable bonds is 8. The van der Waals surface area contributed by atoms with Gasteiger partial charge >= 0.3 is 0 Å². The van der Waals surface area contributed by atoms with Crippen LogP contribution in [0.1, 0.15) is 45.4 Å². The number of amides is 4. The fourth-order valence-corrected chi connectivity index (χ4v) is 1.99. The van der Waals surface area contributed by atoms with Gasteiger partial charge in [0.2, 0.25) is 23.6 Å². The molecule has 7 heteroatoms. The number of imide groups is 1. The second-order valence-corrected chi connectivity index (χ2v) is 4.94. The fraction of sp³-hybridized carbons (Fsp3) is 0.692. The molecule has 3 N–H and O–H groups in total. The SMILES string of the molecule is C[C@@H](NC(=O)CCCCCN1C(=O)CCC1=O)C(N)=O. The summed E-state index contributed by atoms with van der Waals surface area (Å²) in [6.45, 7) is 1.96.